The summed E-state index contributed by atoms with van der Waals surface area (Å²) in [6.45, 7) is 3.61. The van der Waals surface area contributed by atoms with Gasteiger partial charge in [-0.1, -0.05) is 13.8 Å². The van der Waals surface area contributed by atoms with E-state index in [1.165, 1.54) is 0 Å². The quantitative estimate of drug-likeness (QED) is 0.946. The lowest BCUT2D eigenvalue weighted by Crippen LogP contribution is -2.15. The number of nitrogens with one attached hydrogen (secondary N) is 1. The van der Waals surface area contributed by atoms with Gasteiger partial charge in [0, 0.05) is 19.0 Å². The van der Waals surface area contributed by atoms with E-state index < -0.39 is 17.8 Å². The summed E-state index contributed by atoms with van der Waals surface area (Å²) in [4.78, 5) is 15.8. The minimum absolute atomic E-state index is 0.0317. The Balaban J connectivity index is 2.23. The summed E-state index contributed by atoms with van der Waals surface area (Å²) < 4.78 is 43.7. The Bertz CT molecular complexity index is 658. The minimum Gasteiger partial charge on any atom is -0.447 e. The molecule has 0 saturated carbocycles. The van der Waals surface area contributed by atoms with Crippen molar-refractivity contribution in [2.24, 2.45) is 7.05 Å². The van der Waals surface area contributed by atoms with E-state index >= 15 is 0 Å². The molecule has 0 aliphatic rings. The molecule has 2 aromatic rings. The largest absolute Gasteiger partial charge is 0.447 e. The number of carbonyl (C=O) groups is 1. The molecule has 2 heterocycles. The molecule has 2 aromatic heterocycles. The fourth-order valence-corrected chi connectivity index (χ4v) is 1.80. The van der Waals surface area contributed by atoms with Crippen molar-refractivity contribution in [3.05, 3.63) is 29.6 Å². The van der Waals surface area contributed by atoms with Crippen molar-refractivity contribution in [1.29, 1.82) is 0 Å². The first-order valence-corrected chi connectivity index (χ1v) is 6.06. The van der Waals surface area contributed by atoms with E-state index in [0.29, 0.717) is 10.4 Å². The molecule has 0 unspecified atom stereocenters. The lowest BCUT2D eigenvalue weighted by molar-refractivity contribution is -0.143. The molecule has 1 N–H and O–H groups in total. The van der Waals surface area contributed by atoms with Crippen molar-refractivity contribution in [2.75, 3.05) is 5.32 Å². The first-order chi connectivity index (χ1) is 9.70. The van der Waals surface area contributed by atoms with Gasteiger partial charge in [0.15, 0.2) is 17.9 Å². The number of aryl methyl sites for hydroxylation is 1. The molecule has 2 rings (SSSR count). The van der Waals surface area contributed by atoms with E-state index in [2.05, 4.69) is 15.4 Å². The van der Waals surface area contributed by atoms with E-state index in [1.54, 1.807) is 13.8 Å². The maximum Gasteiger partial charge on any atom is 0.433 e. The van der Waals surface area contributed by atoms with Crippen molar-refractivity contribution in [3.8, 4) is 0 Å². The normalized spacial score (nSPS) is 12.0. The fourth-order valence-electron chi connectivity index (χ4n) is 1.80. The second kappa shape index (κ2) is 5.23. The van der Waals surface area contributed by atoms with Crippen LogP contribution in [0.3, 0.4) is 0 Å². The maximum atomic E-state index is 12.6. The number of carbonyl (C=O) groups excluding carboxylic acids is 1. The zero-order chi connectivity index (χ0) is 15.8. The zero-order valence-electron chi connectivity index (χ0n) is 11.5. The number of anilines is 1. The molecule has 0 spiro atoms. The number of rotatable bonds is 3. The number of alkyl halides is 3. The van der Waals surface area contributed by atoms with Gasteiger partial charge in [-0.15, -0.1) is 0 Å². The number of halogens is 3. The molecule has 6 nitrogen and oxygen atoms in total. The molecule has 21 heavy (non-hydrogen) atoms. The summed E-state index contributed by atoms with van der Waals surface area (Å²) in [5, 5.41) is 5.89. The van der Waals surface area contributed by atoms with E-state index in [-0.39, 0.29) is 17.4 Å². The highest BCUT2D eigenvalue weighted by atomic mass is 19.4. The smallest absolute Gasteiger partial charge is 0.433 e. The van der Waals surface area contributed by atoms with Gasteiger partial charge in [0.1, 0.15) is 11.5 Å². The second-order valence-electron chi connectivity index (χ2n) is 4.71. The first-order valence-electron chi connectivity index (χ1n) is 6.06. The lowest BCUT2D eigenvalue weighted by atomic mass is 10.1. The number of oxazole rings is 1. The predicted octanol–water partition coefficient (Wildman–Crippen LogP) is 2.80. The van der Waals surface area contributed by atoms with Crippen LogP contribution in [0.4, 0.5) is 19.0 Å². The van der Waals surface area contributed by atoms with Gasteiger partial charge in [0.25, 0.3) is 5.91 Å². The molecule has 9 heteroatoms. The Morgan fingerprint density at radius 3 is 2.62 bits per heavy atom. The molecule has 0 bridgehead atoms. The van der Waals surface area contributed by atoms with Crippen LogP contribution in [0.2, 0.25) is 0 Å². The maximum absolute atomic E-state index is 12.6. The van der Waals surface area contributed by atoms with Gasteiger partial charge in [-0.05, 0) is 0 Å². The van der Waals surface area contributed by atoms with E-state index in [4.69, 9.17) is 4.42 Å². The van der Waals surface area contributed by atoms with Crippen molar-refractivity contribution in [2.45, 2.75) is 25.9 Å². The summed E-state index contributed by atoms with van der Waals surface area (Å²) in [5.41, 5.74) is -0.925. The average Bonchev–Trinajstić information content (AvgIpc) is 2.94. The Morgan fingerprint density at radius 1 is 1.43 bits per heavy atom. The molecule has 0 aromatic carbocycles. The SMILES string of the molecule is CC(C)c1ocnc1C(=O)Nc1cc(C(F)(F)F)n(C)n1. The Morgan fingerprint density at radius 2 is 2.10 bits per heavy atom. The molecule has 0 atom stereocenters. The van der Waals surface area contributed by atoms with Gasteiger partial charge in [0.05, 0.1) is 0 Å². The second-order valence-corrected chi connectivity index (χ2v) is 4.71. The summed E-state index contributed by atoms with van der Waals surface area (Å²) in [5.74, 6) is -0.589. The Labute approximate surface area is 118 Å². The summed E-state index contributed by atoms with van der Waals surface area (Å²) in [6.07, 6.45) is -3.43. The van der Waals surface area contributed by atoms with E-state index in [1.807, 2.05) is 0 Å². The third-order valence-corrected chi connectivity index (χ3v) is 2.75. The van der Waals surface area contributed by atoms with Crippen LogP contribution >= 0.6 is 0 Å². The number of nitrogens with zero attached hydrogens (tertiary/aromatic N) is 3. The molecule has 1 amide bonds. The Kier molecular flexibility index (Phi) is 3.75. The number of hydrogen-bond acceptors (Lipinski definition) is 4. The third kappa shape index (κ3) is 3.06. The van der Waals surface area contributed by atoms with Crippen LogP contribution in [0.1, 0.15) is 41.7 Å². The van der Waals surface area contributed by atoms with Crippen LogP contribution in [0.25, 0.3) is 0 Å². The molecular formula is C12H13F3N4O2. The van der Waals surface area contributed by atoms with Crippen LogP contribution < -0.4 is 5.32 Å². The van der Waals surface area contributed by atoms with Crippen LogP contribution in [0.5, 0.6) is 0 Å². The van der Waals surface area contributed by atoms with Gasteiger partial charge in [0.2, 0.25) is 0 Å². The van der Waals surface area contributed by atoms with Gasteiger partial charge in [-0.3, -0.25) is 9.48 Å². The molecule has 0 aliphatic carbocycles. The van der Waals surface area contributed by atoms with Crippen LogP contribution in [0.15, 0.2) is 16.9 Å². The number of aromatic nitrogens is 3. The van der Waals surface area contributed by atoms with E-state index in [9.17, 15) is 18.0 Å². The van der Waals surface area contributed by atoms with E-state index in [0.717, 1.165) is 19.5 Å². The zero-order valence-corrected chi connectivity index (χ0v) is 11.5. The Hall–Kier alpha value is -2.32. The molecule has 0 fully saturated rings. The lowest BCUT2D eigenvalue weighted by Gasteiger charge is -2.04. The van der Waals surface area contributed by atoms with Crippen molar-refractivity contribution in [1.82, 2.24) is 14.8 Å². The standard InChI is InChI=1S/C12H13F3N4O2/c1-6(2)10-9(16-5-21-10)11(20)17-8-4-7(12(13,14)15)19(3)18-8/h4-6H,1-3H3,(H,17,18,20). The van der Waals surface area contributed by atoms with Crippen LogP contribution in [-0.4, -0.2) is 20.7 Å². The molecular weight excluding hydrogens is 289 g/mol. The highest BCUT2D eigenvalue weighted by molar-refractivity contribution is 6.03. The van der Waals surface area contributed by atoms with Crippen LogP contribution in [0, 0.1) is 0 Å². The molecule has 0 saturated heterocycles. The summed E-state index contributed by atoms with van der Waals surface area (Å²) in [6, 6.07) is 0.757. The van der Waals surface area contributed by atoms with Crippen molar-refractivity contribution < 1.29 is 22.4 Å². The predicted molar refractivity (Wildman–Crippen MR) is 66.8 cm³/mol. The fraction of sp³-hybridized carbons (Fsp3) is 0.417. The van der Waals surface area contributed by atoms with Crippen molar-refractivity contribution in [3.63, 3.8) is 0 Å². The summed E-state index contributed by atoms with van der Waals surface area (Å²) >= 11 is 0. The monoisotopic (exact) mass is 302 g/mol. The van der Waals surface area contributed by atoms with Gasteiger partial charge < -0.3 is 9.73 Å². The number of hydrogen-bond donors (Lipinski definition) is 1. The molecule has 0 radical (unpaired) electrons. The summed E-state index contributed by atoms with van der Waals surface area (Å²) in [7, 11) is 1.15. The molecule has 0 aliphatic heterocycles. The first kappa shape index (κ1) is 15.1. The van der Waals surface area contributed by atoms with Gasteiger partial charge in [-0.2, -0.15) is 18.3 Å². The van der Waals surface area contributed by atoms with Crippen molar-refractivity contribution >= 4 is 11.7 Å². The highest BCUT2D eigenvalue weighted by Crippen LogP contribution is 2.30. The van der Waals surface area contributed by atoms with Gasteiger partial charge in [-0.25, -0.2) is 4.98 Å². The van der Waals surface area contributed by atoms with Crippen LogP contribution in [-0.2, 0) is 13.2 Å². The highest BCUT2D eigenvalue weighted by Gasteiger charge is 2.35. The minimum atomic E-state index is -4.54. The third-order valence-electron chi connectivity index (χ3n) is 2.75. The van der Waals surface area contributed by atoms with Gasteiger partial charge >= 0.3 is 6.18 Å². The average molecular weight is 302 g/mol. The topological polar surface area (TPSA) is 73.0 Å². The molecule has 114 valence electrons. The number of amides is 1.